The molecule has 0 aliphatic heterocycles. The molecule has 1 aromatic heterocycles. The minimum Gasteiger partial charge on any atom is -0.436 e. The Balaban J connectivity index is 1.50. The summed E-state index contributed by atoms with van der Waals surface area (Å²) < 4.78 is 5.93. The molecule has 1 amide bonds. The number of hydrogen-bond acceptors (Lipinski definition) is 3. The lowest BCUT2D eigenvalue weighted by atomic mass is 10.0. The minimum absolute atomic E-state index is 0.276. The number of oxazole rings is 1. The van der Waals surface area contributed by atoms with Crippen LogP contribution in [0.15, 0.2) is 77.2 Å². The monoisotopic (exact) mass is 460 g/mol. The van der Waals surface area contributed by atoms with Crippen LogP contribution >= 0.6 is 23.2 Å². The van der Waals surface area contributed by atoms with E-state index in [4.69, 9.17) is 27.6 Å². The lowest BCUT2D eigenvalue weighted by molar-refractivity contribution is 0.102. The summed E-state index contributed by atoms with van der Waals surface area (Å²) in [7, 11) is 0. The summed E-state index contributed by atoms with van der Waals surface area (Å²) in [4.78, 5) is 17.7. The molecule has 0 bridgehead atoms. The van der Waals surface area contributed by atoms with Crippen molar-refractivity contribution in [2.75, 3.05) is 5.32 Å². The van der Waals surface area contributed by atoms with Gasteiger partial charge in [-0.3, -0.25) is 4.79 Å². The molecular formula is C26H18Cl2N2O2. The highest BCUT2D eigenvalue weighted by Crippen LogP contribution is 2.32. The summed E-state index contributed by atoms with van der Waals surface area (Å²) >= 11 is 12.7. The molecule has 0 atom stereocenters. The first-order chi connectivity index (χ1) is 15.5. The molecule has 0 fully saturated rings. The zero-order chi connectivity index (χ0) is 22.2. The highest BCUT2D eigenvalue weighted by atomic mass is 35.5. The topological polar surface area (TPSA) is 55.1 Å². The number of anilines is 1. The lowest BCUT2D eigenvalue weighted by Crippen LogP contribution is -2.12. The fourth-order valence-corrected chi connectivity index (χ4v) is 4.13. The van der Waals surface area contributed by atoms with E-state index in [0.29, 0.717) is 32.8 Å². The molecule has 5 aromatic rings. The number of amides is 1. The van der Waals surface area contributed by atoms with E-state index >= 15 is 0 Å². The first-order valence-corrected chi connectivity index (χ1v) is 11.0. The highest BCUT2D eigenvalue weighted by Gasteiger charge is 2.15. The maximum absolute atomic E-state index is 13.1. The Hall–Kier alpha value is -3.34. The van der Waals surface area contributed by atoms with Crippen LogP contribution in [-0.2, 0) is 6.42 Å². The fourth-order valence-electron chi connectivity index (χ4n) is 3.73. The summed E-state index contributed by atoms with van der Waals surface area (Å²) in [5, 5.41) is 5.53. The van der Waals surface area contributed by atoms with Crippen molar-refractivity contribution in [2.24, 2.45) is 0 Å². The number of carbonyl (C=O) groups excluding carboxylic acids is 1. The van der Waals surface area contributed by atoms with Crippen LogP contribution in [0.4, 0.5) is 5.69 Å². The molecule has 0 spiro atoms. The van der Waals surface area contributed by atoms with Gasteiger partial charge in [0.15, 0.2) is 5.58 Å². The van der Waals surface area contributed by atoms with Crippen LogP contribution in [0.3, 0.4) is 0 Å². The Morgan fingerprint density at radius 1 is 0.938 bits per heavy atom. The second-order valence-electron chi connectivity index (χ2n) is 7.46. The van der Waals surface area contributed by atoms with Gasteiger partial charge in [0.1, 0.15) is 5.52 Å². The zero-order valence-corrected chi connectivity index (χ0v) is 18.7. The van der Waals surface area contributed by atoms with Gasteiger partial charge in [-0.05, 0) is 59.8 Å². The average molecular weight is 461 g/mol. The molecular weight excluding hydrogens is 443 g/mol. The number of rotatable bonds is 4. The number of aromatic nitrogens is 1. The maximum Gasteiger partial charge on any atom is 0.256 e. The van der Waals surface area contributed by atoms with E-state index < -0.39 is 0 Å². The molecule has 32 heavy (non-hydrogen) atoms. The number of benzene rings is 4. The van der Waals surface area contributed by atoms with Crippen molar-refractivity contribution in [1.82, 2.24) is 4.98 Å². The van der Waals surface area contributed by atoms with Gasteiger partial charge in [0, 0.05) is 21.5 Å². The van der Waals surface area contributed by atoms with E-state index in [-0.39, 0.29) is 5.91 Å². The molecule has 4 aromatic carbocycles. The van der Waals surface area contributed by atoms with Gasteiger partial charge in [0.05, 0.1) is 10.7 Å². The van der Waals surface area contributed by atoms with Gasteiger partial charge >= 0.3 is 0 Å². The van der Waals surface area contributed by atoms with Gasteiger partial charge < -0.3 is 9.73 Å². The molecule has 1 N–H and O–H groups in total. The number of nitrogens with one attached hydrogen (secondary N) is 1. The van der Waals surface area contributed by atoms with Crippen LogP contribution in [0.5, 0.6) is 0 Å². The molecule has 6 heteroatoms. The van der Waals surface area contributed by atoms with Gasteiger partial charge in [0.2, 0.25) is 5.89 Å². The van der Waals surface area contributed by atoms with Crippen molar-refractivity contribution < 1.29 is 9.21 Å². The average Bonchev–Trinajstić information content (AvgIpc) is 3.23. The molecule has 0 radical (unpaired) electrons. The van der Waals surface area contributed by atoms with Gasteiger partial charge in [-0.1, -0.05) is 60.5 Å². The Morgan fingerprint density at radius 3 is 2.59 bits per heavy atom. The van der Waals surface area contributed by atoms with E-state index in [1.165, 1.54) is 5.56 Å². The Labute approximate surface area is 194 Å². The van der Waals surface area contributed by atoms with Crippen LogP contribution in [0, 0.1) is 0 Å². The van der Waals surface area contributed by atoms with Crippen LogP contribution in [0.2, 0.25) is 10.0 Å². The van der Waals surface area contributed by atoms with Crippen molar-refractivity contribution in [3.63, 3.8) is 0 Å². The molecule has 0 saturated carbocycles. The quantitative estimate of drug-likeness (QED) is 0.298. The molecule has 158 valence electrons. The predicted molar refractivity (Wildman–Crippen MR) is 131 cm³/mol. The van der Waals surface area contributed by atoms with E-state index in [2.05, 4.69) is 17.2 Å². The Bertz CT molecular complexity index is 1490. The van der Waals surface area contributed by atoms with Crippen LogP contribution in [0.1, 0.15) is 22.8 Å². The number of hydrogen-bond donors (Lipinski definition) is 1. The van der Waals surface area contributed by atoms with E-state index in [0.717, 1.165) is 28.3 Å². The molecule has 0 aliphatic carbocycles. The largest absolute Gasteiger partial charge is 0.436 e. The first-order valence-electron chi connectivity index (χ1n) is 10.2. The SMILES string of the molecule is CCc1ccc2oc(-c3ccc(Cl)c(NC(=O)c4cccc5c(Cl)cccc45)c3)nc2c1. The minimum atomic E-state index is -0.276. The predicted octanol–water partition coefficient (Wildman–Crippen LogP) is 7.77. The van der Waals surface area contributed by atoms with Crippen molar-refractivity contribution in [3.8, 4) is 11.5 Å². The number of fused-ring (bicyclic) bond motifs is 2. The van der Waals surface area contributed by atoms with E-state index in [1.54, 1.807) is 24.3 Å². The van der Waals surface area contributed by atoms with E-state index in [9.17, 15) is 4.79 Å². The summed E-state index contributed by atoms with van der Waals surface area (Å²) in [6.07, 6.45) is 0.925. The molecule has 4 nitrogen and oxygen atoms in total. The number of aryl methyl sites for hydroxylation is 1. The van der Waals surface area contributed by atoms with Crippen molar-refractivity contribution in [2.45, 2.75) is 13.3 Å². The van der Waals surface area contributed by atoms with Crippen molar-refractivity contribution in [1.29, 1.82) is 0 Å². The summed E-state index contributed by atoms with van der Waals surface area (Å²) in [5.74, 6) is 0.194. The maximum atomic E-state index is 13.1. The molecule has 1 heterocycles. The highest BCUT2D eigenvalue weighted by molar-refractivity contribution is 6.36. The second kappa shape index (κ2) is 8.30. The number of carbonyl (C=O) groups is 1. The molecule has 0 saturated heterocycles. The van der Waals surface area contributed by atoms with Gasteiger partial charge in [0.25, 0.3) is 5.91 Å². The summed E-state index contributed by atoms with van der Waals surface area (Å²) in [5.41, 5.74) is 4.42. The second-order valence-corrected chi connectivity index (χ2v) is 8.28. The third-order valence-electron chi connectivity index (χ3n) is 5.44. The zero-order valence-electron chi connectivity index (χ0n) is 17.2. The third-order valence-corrected chi connectivity index (χ3v) is 6.09. The molecule has 0 aliphatic rings. The normalized spacial score (nSPS) is 11.2. The molecule has 0 unspecified atom stereocenters. The number of halogens is 2. The van der Waals surface area contributed by atoms with Crippen molar-refractivity contribution >= 4 is 56.7 Å². The standard InChI is InChI=1S/C26H18Cl2N2O2/c1-2-15-9-12-24-23(13-15)30-26(32-24)16-10-11-21(28)22(14-16)29-25(31)19-7-3-6-18-17(19)5-4-8-20(18)27/h3-14H,2H2,1H3,(H,29,31). The fraction of sp³-hybridized carbons (Fsp3) is 0.0769. The Kier molecular flexibility index (Phi) is 5.33. The number of nitrogens with zero attached hydrogens (tertiary/aromatic N) is 1. The van der Waals surface area contributed by atoms with Gasteiger partial charge in [-0.15, -0.1) is 0 Å². The first kappa shape index (κ1) is 20.6. The van der Waals surface area contributed by atoms with Crippen molar-refractivity contribution in [3.05, 3.63) is 94.0 Å². The van der Waals surface area contributed by atoms with Gasteiger partial charge in [-0.25, -0.2) is 4.98 Å². The Morgan fingerprint density at radius 2 is 1.75 bits per heavy atom. The summed E-state index contributed by atoms with van der Waals surface area (Å²) in [6, 6.07) is 22.2. The molecule has 5 rings (SSSR count). The van der Waals surface area contributed by atoms with E-state index in [1.807, 2.05) is 48.5 Å². The van der Waals surface area contributed by atoms with Crippen LogP contribution < -0.4 is 5.32 Å². The van der Waals surface area contributed by atoms with Gasteiger partial charge in [-0.2, -0.15) is 0 Å². The third kappa shape index (κ3) is 3.72. The smallest absolute Gasteiger partial charge is 0.256 e. The summed E-state index contributed by atoms with van der Waals surface area (Å²) in [6.45, 7) is 2.10. The van der Waals surface area contributed by atoms with Crippen LogP contribution in [0.25, 0.3) is 33.3 Å². The van der Waals surface area contributed by atoms with Crippen LogP contribution in [-0.4, -0.2) is 10.9 Å². The lowest BCUT2D eigenvalue weighted by Gasteiger charge is -2.11.